The molecule has 0 spiro atoms. The minimum atomic E-state index is -4.74. The molecule has 0 heterocycles. The van der Waals surface area contributed by atoms with Gasteiger partial charge in [0.1, 0.15) is 18.4 Å². The van der Waals surface area contributed by atoms with E-state index in [0.29, 0.717) is 18.2 Å². The van der Waals surface area contributed by atoms with Crippen LogP contribution in [0, 0.1) is 0 Å². The van der Waals surface area contributed by atoms with Crippen molar-refractivity contribution in [1.29, 1.82) is 0 Å². The monoisotopic (exact) mass is 307 g/mol. The third-order valence-corrected chi connectivity index (χ3v) is 2.36. The molecule has 1 atom stereocenters. The Kier molecular flexibility index (Phi) is 5.54. The Morgan fingerprint density at radius 2 is 1.68 bits per heavy atom. The number of hydrogen-bond acceptors (Lipinski definition) is 3. The largest absolute Gasteiger partial charge is 0.508 e. The number of aromatic hydroxyl groups is 1. The van der Waals surface area contributed by atoms with Gasteiger partial charge < -0.3 is 15.9 Å². The van der Waals surface area contributed by atoms with E-state index in [4.69, 9.17) is 10.8 Å². The molecule has 0 unspecified atom stereocenters. The van der Waals surface area contributed by atoms with Gasteiger partial charge in [0.05, 0.1) is 5.56 Å². The van der Waals surface area contributed by atoms with Crippen molar-refractivity contribution >= 4 is 12.4 Å². The predicted octanol–water partition coefficient (Wildman–Crippen LogP) is 2.46. The van der Waals surface area contributed by atoms with Crippen LogP contribution in [0.4, 0.5) is 22.0 Å². The van der Waals surface area contributed by atoms with E-state index in [9.17, 15) is 27.1 Å². The number of nitrogens with two attached hydrogens (primary N) is 1. The van der Waals surface area contributed by atoms with Crippen LogP contribution < -0.4 is 5.73 Å². The third kappa shape index (κ3) is 3.92. The topological polar surface area (TPSA) is 66.5 Å². The van der Waals surface area contributed by atoms with Crippen LogP contribution in [0.15, 0.2) is 18.2 Å². The van der Waals surface area contributed by atoms with Gasteiger partial charge in [-0.1, -0.05) is 0 Å². The number of alkyl halides is 5. The standard InChI is InChI=1S/C10H10F5NO2.ClH/c11-9(12,4-17)8(16)6-3-5(10(13,14)15)1-2-7(6)18;/h1-3,8,17-18H,4,16H2;1H/t8-;/m0./s1. The van der Waals surface area contributed by atoms with Gasteiger partial charge in [-0.15, -0.1) is 12.4 Å². The van der Waals surface area contributed by atoms with Crippen molar-refractivity contribution in [2.45, 2.75) is 18.1 Å². The molecular formula is C10H11ClF5NO2. The Morgan fingerprint density at radius 3 is 2.11 bits per heavy atom. The molecule has 0 saturated carbocycles. The summed E-state index contributed by atoms with van der Waals surface area (Å²) >= 11 is 0. The number of aliphatic hydroxyl groups excluding tert-OH is 1. The summed E-state index contributed by atoms with van der Waals surface area (Å²) in [6.45, 7) is -1.64. The lowest BCUT2D eigenvalue weighted by Gasteiger charge is -2.23. The van der Waals surface area contributed by atoms with Gasteiger partial charge in [0.15, 0.2) is 0 Å². The predicted molar refractivity (Wildman–Crippen MR) is 59.3 cm³/mol. The van der Waals surface area contributed by atoms with E-state index in [-0.39, 0.29) is 12.4 Å². The molecule has 110 valence electrons. The van der Waals surface area contributed by atoms with Gasteiger partial charge in [0.2, 0.25) is 0 Å². The van der Waals surface area contributed by atoms with Gasteiger partial charge in [-0.25, -0.2) is 8.78 Å². The van der Waals surface area contributed by atoms with Gasteiger partial charge in [-0.05, 0) is 18.2 Å². The van der Waals surface area contributed by atoms with Crippen LogP contribution in [-0.4, -0.2) is 22.7 Å². The van der Waals surface area contributed by atoms with E-state index in [0.717, 1.165) is 0 Å². The van der Waals surface area contributed by atoms with Crippen molar-refractivity contribution < 1.29 is 32.2 Å². The zero-order valence-corrected chi connectivity index (χ0v) is 10.1. The van der Waals surface area contributed by atoms with Crippen LogP contribution in [0.5, 0.6) is 5.75 Å². The second-order valence-corrected chi connectivity index (χ2v) is 3.67. The zero-order valence-electron chi connectivity index (χ0n) is 9.29. The third-order valence-electron chi connectivity index (χ3n) is 2.36. The number of phenolic OH excluding ortho intramolecular Hbond substituents is 1. The number of benzene rings is 1. The van der Waals surface area contributed by atoms with E-state index < -0.39 is 41.6 Å². The molecule has 1 aromatic carbocycles. The quantitative estimate of drug-likeness (QED) is 0.752. The van der Waals surface area contributed by atoms with E-state index in [2.05, 4.69) is 0 Å². The summed E-state index contributed by atoms with van der Waals surface area (Å²) < 4.78 is 63.3. The first-order valence-electron chi connectivity index (χ1n) is 4.74. The van der Waals surface area contributed by atoms with Crippen LogP contribution >= 0.6 is 12.4 Å². The van der Waals surface area contributed by atoms with Gasteiger partial charge in [0.25, 0.3) is 5.92 Å². The first-order chi connectivity index (χ1) is 8.09. The fourth-order valence-corrected chi connectivity index (χ4v) is 1.31. The molecule has 0 aliphatic heterocycles. The van der Waals surface area contributed by atoms with Crippen LogP contribution in [0.2, 0.25) is 0 Å². The summed E-state index contributed by atoms with van der Waals surface area (Å²) in [6, 6.07) is -0.720. The number of phenols is 1. The summed E-state index contributed by atoms with van der Waals surface area (Å²) in [4.78, 5) is 0. The Balaban J connectivity index is 0.00000324. The van der Waals surface area contributed by atoms with Crippen molar-refractivity contribution in [3.63, 3.8) is 0 Å². The van der Waals surface area contributed by atoms with Crippen molar-refractivity contribution in [2.75, 3.05) is 6.61 Å². The summed E-state index contributed by atoms with van der Waals surface area (Å²) in [5, 5.41) is 17.7. The molecule has 0 fully saturated rings. The first kappa shape index (κ1) is 17.9. The van der Waals surface area contributed by atoms with Crippen molar-refractivity contribution in [1.82, 2.24) is 0 Å². The smallest absolute Gasteiger partial charge is 0.416 e. The maximum atomic E-state index is 13.1. The molecule has 0 radical (unpaired) electrons. The highest BCUT2D eigenvalue weighted by Gasteiger charge is 2.40. The number of halogens is 6. The van der Waals surface area contributed by atoms with Crippen LogP contribution in [-0.2, 0) is 6.18 Å². The highest BCUT2D eigenvalue weighted by molar-refractivity contribution is 5.85. The van der Waals surface area contributed by atoms with Crippen molar-refractivity contribution in [3.05, 3.63) is 29.3 Å². The molecule has 1 aromatic rings. The SMILES string of the molecule is Cl.N[C@@H](c1cc(C(F)(F)F)ccc1O)C(F)(F)CO. The summed E-state index contributed by atoms with van der Waals surface area (Å²) in [5.41, 5.74) is 3.08. The molecule has 1 rings (SSSR count). The Hall–Kier alpha value is -1.12. The molecule has 0 bridgehead atoms. The molecule has 0 amide bonds. The van der Waals surface area contributed by atoms with Gasteiger partial charge in [-0.3, -0.25) is 0 Å². The molecular weight excluding hydrogens is 297 g/mol. The van der Waals surface area contributed by atoms with E-state index in [1.807, 2.05) is 0 Å². The lowest BCUT2D eigenvalue weighted by molar-refractivity contribution is -0.137. The molecule has 4 N–H and O–H groups in total. The highest BCUT2D eigenvalue weighted by atomic mass is 35.5. The average Bonchev–Trinajstić information content (AvgIpc) is 2.27. The summed E-state index contributed by atoms with van der Waals surface area (Å²) in [5.74, 6) is -4.62. The van der Waals surface area contributed by atoms with Crippen LogP contribution in [0.1, 0.15) is 17.2 Å². The van der Waals surface area contributed by atoms with Gasteiger partial charge in [-0.2, -0.15) is 13.2 Å². The Labute approximate surface area is 111 Å². The normalized spacial score (nSPS) is 13.8. The second kappa shape index (κ2) is 5.89. The van der Waals surface area contributed by atoms with Crippen molar-refractivity contribution in [2.24, 2.45) is 5.73 Å². The van der Waals surface area contributed by atoms with Gasteiger partial charge >= 0.3 is 6.18 Å². The maximum Gasteiger partial charge on any atom is 0.416 e. The summed E-state index contributed by atoms with van der Waals surface area (Å²) in [6.07, 6.45) is -4.74. The van der Waals surface area contributed by atoms with Crippen LogP contribution in [0.3, 0.4) is 0 Å². The fourth-order valence-electron chi connectivity index (χ4n) is 1.31. The Morgan fingerprint density at radius 1 is 1.16 bits per heavy atom. The first-order valence-corrected chi connectivity index (χ1v) is 4.74. The molecule has 3 nitrogen and oxygen atoms in total. The number of aliphatic hydroxyl groups is 1. The maximum absolute atomic E-state index is 13.1. The van der Waals surface area contributed by atoms with E-state index in [1.165, 1.54) is 0 Å². The molecule has 9 heteroatoms. The molecule has 0 aliphatic rings. The number of rotatable bonds is 3. The minimum absolute atomic E-state index is 0. The zero-order chi connectivity index (χ0) is 14.1. The molecule has 0 aromatic heterocycles. The van der Waals surface area contributed by atoms with E-state index >= 15 is 0 Å². The minimum Gasteiger partial charge on any atom is -0.508 e. The van der Waals surface area contributed by atoms with Crippen molar-refractivity contribution in [3.8, 4) is 5.75 Å². The van der Waals surface area contributed by atoms with Gasteiger partial charge in [0, 0.05) is 5.56 Å². The lowest BCUT2D eigenvalue weighted by atomic mass is 9.98. The van der Waals surface area contributed by atoms with Crippen LogP contribution in [0.25, 0.3) is 0 Å². The molecule has 0 saturated heterocycles. The fraction of sp³-hybridized carbons (Fsp3) is 0.400. The second-order valence-electron chi connectivity index (χ2n) is 3.67. The van der Waals surface area contributed by atoms with E-state index in [1.54, 1.807) is 0 Å². The molecule has 0 aliphatic carbocycles. The Bertz CT molecular complexity index is 438. The lowest BCUT2D eigenvalue weighted by Crippen LogP contribution is -2.36. The average molecular weight is 308 g/mol. The molecule has 19 heavy (non-hydrogen) atoms. The highest BCUT2D eigenvalue weighted by Crippen LogP contribution is 2.38. The number of hydrogen-bond donors (Lipinski definition) is 3. The summed E-state index contributed by atoms with van der Waals surface area (Å²) in [7, 11) is 0.